The Morgan fingerprint density at radius 1 is 1.13 bits per heavy atom. The topological polar surface area (TPSA) is 94.9 Å². The number of hydrogen-bond donors (Lipinski definition) is 1. The molecule has 8 nitrogen and oxygen atoms in total. The molecule has 5 rings (SSSR count). The van der Waals surface area contributed by atoms with Gasteiger partial charge in [-0.1, -0.05) is 18.6 Å². The fourth-order valence-electron chi connectivity index (χ4n) is 3.97. The molecule has 0 aliphatic carbocycles. The van der Waals surface area contributed by atoms with Crippen molar-refractivity contribution in [1.29, 1.82) is 0 Å². The number of nitrogens with zero attached hydrogens (tertiary/aromatic N) is 4. The van der Waals surface area contributed by atoms with Gasteiger partial charge in [-0.15, -0.1) is 10.2 Å². The van der Waals surface area contributed by atoms with Gasteiger partial charge in [0.25, 0.3) is 0 Å². The van der Waals surface area contributed by atoms with E-state index >= 15 is 0 Å². The molecule has 0 fully saturated rings. The lowest BCUT2D eigenvalue weighted by atomic mass is 10.1. The first-order valence-corrected chi connectivity index (χ1v) is 10.2. The summed E-state index contributed by atoms with van der Waals surface area (Å²) in [5.41, 5.74) is 1.64. The number of aromatic nitrogens is 4. The minimum absolute atomic E-state index is 0.219. The second-order valence-electron chi connectivity index (χ2n) is 7.57. The predicted octanol–water partition coefficient (Wildman–Crippen LogP) is 3.36. The Morgan fingerprint density at radius 3 is 2.90 bits per heavy atom. The van der Waals surface area contributed by atoms with Crippen molar-refractivity contribution in [3.05, 3.63) is 64.7 Å². The largest absolute Gasteiger partial charge is 0.420 e. The quantitative estimate of drug-likeness (QED) is 0.545. The number of amides is 1. The highest BCUT2D eigenvalue weighted by atomic mass is 19.1. The lowest BCUT2D eigenvalue weighted by Crippen LogP contribution is -2.24. The van der Waals surface area contributed by atoms with Crippen molar-refractivity contribution in [1.82, 2.24) is 19.3 Å². The third-order valence-corrected chi connectivity index (χ3v) is 5.48. The summed E-state index contributed by atoms with van der Waals surface area (Å²) in [7, 11) is 0. The number of anilines is 1. The van der Waals surface area contributed by atoms with E-state index in [-0.39, 0.29) is 12.1 Å². The Hall–Kier alpha value is -3.75. The molecular formula is C22H20FN5O3. The summed E-state index contributed by atoms with van der Waals surface area (Å²) in [4.78, 5) is 24.7. The van der Waals surface area contributed by atoms with Crippen molar-refractivity contribution in [2.75, 3.05) is 5.32 Å². The predicted molar refractivity (Wildman–Crippen MR) is 112 cm³/mol. The van der Waals surface area contributed by atoms with E-state index in [4.69, 9.17) is 4.42 Å². The van der Waals surface area contributed by atoms with E-state index in [1.165, 1.54) is 16.7 Å². The molecule has 1 N–H and O–H groups in total. The first-order chi connectivity index (χ1) is 15.1. The smallest absolute Gasteiger partial charge is 0.408 e. The lowest BCUT2D eigenvalue weighted by Gasteiger charge is -2.11. The molecule has 0 atom stereocenters. The molecule has 3 heterocycles. The van der Waals surface area contributed by atoms with Crippen molar-refractivity contribution in [3.8, 4) is 11.4 Å². The van der Waals surface area contributed by atoms with Crippen LogP contribution in [-0.4, -0.2) is 25.2 Å². The van der Waals surface area contributed by atoms with E-state index in [1.807, 2.05) is 4.57 Å². The van der Waals surface area contributed by atoms with E-state index in [0.29, 0.717) is 22.6 Å². The minimum Gasteiger partial charge on any atom is -0.408 e. The number of halogens is 1. The number of fused-ring (bicyclic) bond motifs is 2. The van der Waals surface area contributed by atoms with Crippen LogP contribution in [0.1, 0.15) is 25.1 Å². The van der Waals surface area contributed by atoms with Gasteiger partial charge in [0.1, 0.15) is 18.2 Å². The van der Waals surface area contributed by atoms with E-state index in [1.54, 1.807) is 30.3 Å². The summed E-state index contributed by atoms with van der Waals surface area (Å²) in [6.45, 7) is 0.521. The zero-order valence-electron chi connectivity index (χ0n) is 16.7. The highest BCUT2D eigenvalue weighted by Gasteiger charge is 2.19. The first-order valence-electron chi connectivity index (χ1n) is 10.2. The Balaban J connectivity index is 1.41. The third kappa shape index (κ3) is 3.63. The number of carbonyl (C=O) groups excluding carboxylic acids is 1. The molecule has 9 heteroatoms. The highest BCUT2D eigenvalue weighted by Crippen LogP contribution is 2.27. The molecule has 158 valence electrons. The number of para-hydroxylation sites is 2. The average molecular weight is 421 g/mol. The molecule has 0 radical (unpaired) electrons. The molecule has 0 spiro atoms. The Morgan fingerprint density at radius 2 is 2.00 bits per heavy atom. The summed E-state index contributed by atoms with van der Waals surface area (Å²) >= 11 is 0. The fourth-order valence-corrected chi connectivity index (χ4v) is 3.97. The van der Waals surface area contributed by atoms with Gasteiger partial charge in [0.05, 0.1) is 11.1 Å². The van der Waals surface area contributed by atoms with Gasteiger partial charge in [-0.3, -0.25) is 9.36 Å². The van der Waals surface area contributed by atoms with Crippen LogP contribution in [0.2, 0.25) is 0 Å². The van der Waals surface area contributed by atoms with Crippen LogP contribution >= 0.6 is 0 Å². The third-order valence-electron chi connectivity index (χ3n) is 5.48. The molecule has 0 saturated heterocycles. The Labute approximate surface area is 176 Å². The Bertz CT molecular complexity index is 1340. The van der Waals surface area contributed by atoms with E-state index in [0.717, 1.165) is 38.1 Å². The van der Waals surface area contributed by atoms with Gasteiger partial charge in [0.2, 0.25) is 5.91 Å². The summed E-state index contributed by atoms with van der Waals surface area (Å²) in [6, 6.07) is 11.2. The fraction of sp³-hybridized carbons (Fsp3) is 0.273. The zero-order valence-corrected chi connectivity index (χ0v) is 16.7. The highest BCUT2D eigenvalue weighted by molar-refractivity contribution is 5.92. The zero-order chi connectivity index (χ0) is 21.4. The monoisotopic (exact) mass is 421 g/mol. The number of carbonyl (C=O) groups is 1. The first kappa shape index (κ1) is 19.2. The van der Waals surface area contributed by atoms with Crippen LogP contribution in [0.4, 0.5) is 10.1 Å². The molecule has 0 saturated carbocycles. The van der Waals surface area contributed by atoms with Crippen molar-refractivity contribution >= 4 is 22.7 Å². The van der Waals surface area contributed by atoms with Crippen molar-refractivity contribution in [2.45, 2.75) is 38.8 Å². The molecule has 1 aliphatic heterocycles. The molecule has 0 unspecified atom stereocenters. The molecule has 4 aromatic rings. The minimum atomic E-state index is -0.609. The van der Waals surface area contributed by atoms with Gasteiger partial charge in [-0.05, 0) is 43.2 Å². The van der Waals surface area contributed by atoms with Gasteiger partial charge in [0.15, 0.2) is 11.4 Å². The molecule has 1 amide bonds. The number of rotatable bonds is 4. The van der Waals surface area contributed by atoms with E-state index < -0.39 is 17.5 Å². The van der Waals surface area contributed by atoms with Crippen LogP contribution in [0.15, 0.2) is 51.7 Å². The number of aryl methyl sites for hydroxylation is 1. The number of benzene rings is 2. The Kier molecular flexibility index (Phi) is 4.85. The standard InChI is InChI=1S/C22H20FN5O3/c23-16-10-9-14(12-15(16)21-26-25-19-8-2-1-5-11-27(19)21)24-20(29)13-28-17-6-3-4-7-18(17)31-22(28)30/h3-4,6-7,9-10,12H,1-2,5,8,11,13H2,(H,24,29). The maximum Gasteiger partial charge on any atom is 0.420 e. The van der Waals surface area contributed by atoms with Crippen LogP contribution in [0, 0.1) is 5.82 Å². The van der Waals surface area contributed by atoms with Gasteiger partial charge in [-0.2, -0.15) is 0 Å². The van der Waals surface area contributed by atoms with Crippen molar-refractivity contribution in [2.24, 2.45) is 0 Å². The molecule has 1 aliphatic rings. The molecule has 2 aromatic carbocycles. The summed E-state index contributed by atoms with van der Waals surface area (Å²) in [5.74, 6) is -0.154. The number of oxazole rings is 1. The second kappa shape index (κ2) is 7.82. The lowest BCUT2D eigenvalue weighted by molar-refractivity contribution is -0.116. The normalized spacial score (nSPS) is 13.7. The average Bonchev–Trinajstić information content (AvgIpc) is 3.20. The SMILES string of the molecule is O=C(Cn1c(=O)oc2ccccc21)Nc1ccc(F)c(-c2nnc3n2CCCCC3)c1. The van der Waals surface area contributed by atoms with Crippen LogP contribution < -0.4 is 11.1 Å². The summed E-state index contributed by atoms with van der Waals surface area (Å²) in [5, 5.41) is 11.2. The van der Waals surface area contributed by atoms with Crippen LogP contribution in [0.25, 0.3) is 22.5 Å². The molecule has 0 bridgehead atoms. The molecule has 31 heavy (non-hydrogen) atoms. The summed E-state index contributed by atoms with van der Waals surface area (Å²) in [6.07, 6.45) is 3.95. The van der Waals surface area contributed by atoms with Gasteiger partial charge >= 0.3 is 5.76 Å². The summed E-state index contributed by atoms with van der Waals surface area (Å²) < 4.78 is 23.0. The van der Waals surface area contributed by atoms with Crippen LogP contribution in [0.5, 0.6) is 0 Å². The number of nitrogens with one attached hydrogen (secondary N) is 1. The van der Waals surface area contributed by atoms with Crippen molar-refractivity contribution < 1.29 is 13.6 Å². The van der Waals surface area contributed by atoms with E-state index in [2.05, 4.69) is 15.5 Å². The van der Waals surface area contributed by atoms with Crippen molar-refractivity contribution in [3.63, 3.8) is 0 Å². The van der Waals surface area contributed by atoms with Crippen LogP contribution in [0.3, 0.4) is 0 Å². The maximum atomic E-state index is 14.6. The molecular weight excluding hydrogens is 401 g/mol. The van der Waals surface area contributed by atoms with Gasteiger partial charge in [-0.25, -0.2) is 9.18 Å². The second-order valence-corrected chi connectivity index (χ2v) is 7.57. The number of hydrogen-bond acceptors (Lipinski definition) is 5. The van der Waals surface area contributed by atoms with E-state index in [9.17, 15) is 14.0 Å². The van der Waals surface area contributed by atoms with Crippen LogP contribution in [-0.2, 0) is 24.3 Å². The molecule has 2 aromatic heterocycles. The van der Waals surface area contributed by atoms with Gasteiger partial charge in [0, 0.05) is 18.7 Å². The van der Waals surface area contributed by atoms with Gasteiger partial charge < -0.3 is 14.3 Å². The maximum absolute atomic E-state index is 14.6.